The first kappa shape index (κ1) is 20.1. The molecule has 3 heterocycles. The van der Waals surface area contributed by atoms with E-state index in [1.807, 2.05) is 0 Å². The summed E-state index contributed by atoms with van der Waals surface area (Å²) in [6, 6.07) is 0.161. The third kappa shape index (κ3) is 4.13. The quantitative estimate of drug-likeness (QED) is 0.799. The lowest BCUT2D eigenvalue weighted by molar-refractivity contribution is -0.142. The summed E-state index contributed by atoms with van der Waals surface area (Å²) in [6.07, 6.45) is -3.01. The lowest BCUT2D eigenvalue weighted by Gasteiger charge is -2.36. The van der Waals surface area contributed by atoms with Gasteiger partial charge in [0.15, 0.2) is 5.69 Å². The highest BCUT2D eigenvalue weighted by Crippen LogP contribution is 2.35. The van der Waals surface area contributed by atoms with Gasteiger partial charge in [0.05, 0.1) is 24.8 Å². The van der Waals surface area contributed by atoms with Gasteiger partial charge in [0.25, 0.3) is 5.91 Å². The molecule has 0 spiro atoms. The van der Waals surface area contributed by atoms with Crippen molar-refractivity contribution in [1.29, 1.82) is 0 Å². The predicted octanol–water partition coefficient (Wildman–Crippen LogP) is 2.73. The van der Waals surface area contributed by atoms with Crippen molar-refractivity contribution < 1.29 is 22.7 Å². The van der Waals surface area contributed by atoms with E-state index < -0.39 is 17.8 Å². The highest BCUT2D eigenvalue weighted by atomic mass is 19.4. The number of aromatic nitrogens is 2. The number of alkyl halides is 3. The highest BCUT2D eigenvalue weighted by Gasteiger charge is 2.43. The number of carbonyl (C=O) groups excluding carboxylic acids is 1. The third-order valence-electron chi connectivity index (χ3n) is 5.43. The van der Waals surface area contributed by atoms with Crippen molar-refractivity contribution in [3.05, 3.63) is 17.0 Å². The molecule has 1 aromatic rings. The van der Waals surface area contributed by atoms with Crippen molar-refractivity contribution in [3.8, 4) is 0 Å². The third-order valence-corrected chi connectivity index (χ3v) is 5.43. The molecule has 2 saturated heterocycles. The summed E-state index contributed by atoms with van der Waals surface area (Å²) in [4.78, 5) is 16.5. The Morgan fingerprint density at radius 3 is 2.48 bits per heavy atom. The minimum absolute atomic E-state index is 0.159. The van der Waals surface area contributed by atoms with Crippen LogP contribution in [0.2, 0.25) is 0 Å². The molecule has 27 heavy (non-hydrogen) atoms. The maximum Gasteiger partial charge on any atom is 0.435 e. The second-order valence-electron chi connectivity index (χ2n) is 7.54. The first-order chi connectivity index (χ1) is 12.7. The Bertz CT molecular complexity index is 681. The average molecular weight is 388 g/mol. The first-order valence-electron chi connectivity index (χ1n) is 9.47. The molecular formula is C18H27F3N4O2. The fourth-order valence-electron chi connectivity index (χ4n) is 3.91. The summed E-state index contributed by atoms with van der Waals surface area (Å²) in [7, 11) is 0. The van der Waals surface area contributed by atoms with Gasteiger partial charge in [-0.2, -0.15) is 18.3 Å². The van der Waals surface area contributed by atoms with Crippen LogP contribution in [0.5, 0.6) is 0 Å². The number of rotatable bonds is 3. The molecule has 1 amide bonds. The van der Waals surface area contributed by atoms with E-state index in [1.54, 1.807) is 6.92 Å². The number of carbonyl (C=O) groups is 1. The topological polar surface area (TPSA) is 50.6 Å². The minimum atomic E-state index is -4.67. The van der Waals surface area contributed by atoms with E-state index in [1.165, 1.54) is 9.58 Å². The zero-order valence-corrected chi connectivity index (χ0v) is 16.1. The van der Waals surface area contributed by atoms with Gasteiger partial charge in [-0.15, -0.1) is 0 Å². The van der Waals surface area contributed by atoms with Crippen molar-refractivity contribution in [2.75, 3.05) is 39.4 Å². The zero-order valence-electron chi connectivity index (χ0n) is 16.1. The Morgan fingerprint density at radius 2 is 1.89 bits per heavy atom. The van der Waals surface area contributed by atoms with Gasteiger partial charge in [-0.3, -0.25) is 14.4 Å². The van der Waals surface area contributed by atoms with Crippen LogP contribution in [-0.2, 0) is 10.9 Å². The van der Waals surface area contributed by atoms with Crippen LogP contribution in [0.3, 0.4) is 0 Å². The van der Waals surface area contributed by atoms with Crippen LogP contribution < -0.4 is 0 Å². The van der Waals surface area contributed by atoms with Gasteiger partial charge in [0.2, 0.25) is 0 Å². The maximum atomic E-state index is 13.7. The van der Waals surface area contributed by atoms with Crippen molar-refractivity contribution in [2.24, 2.45) is 0 Å². The molecule has 1 aromatic heterocycles. The summed E-state index contributed by atoms with van der Waals surface area (Å²) in [5.41, 5.74) is -1.08. The molecule has 2 fully saturated rings. The number of likely N-dealkylation sites (tertiary alicyclic amines) is 1. The summed E-state index contributed by atoms with van der Waals surface area (Å²) in [6.45, 7) is 8.57. The molecule has 2 aliphatic rings. The van der Waals surface area contributed by atoms with Crippen LogP contribution in [0.4, 0.5) is 13.2 Å². The molecule has 9 heteroatoms. The number of halogens is 3. The number of amides is 1. The standard InChI is InChI=1S/C18H27F3N4O2/c1-12(2)24-6-4-5-14(11-24)25-13(3)15(16(22-25)18(19,20)21)17(26)23-7-9-27-10-8-23/h12,14H,4-11H2,1-3H3. The highest BCUT2D eigenvalue weighted by molar-refractivity contribution is 5.96. The molecule has 152 valence electrons. The molecule has 0 saturated carbocycles. The van der Waals surface area contributed by atoms with Crippen LogP contribution in [0, 0.1) is 6.92 Å². The number of nitrogens with zero attached hydrogens (tertiary/aromatic N) is 4. The molecule has 3 rings (SSSR count). The maximum absolute atomic E-state index is 13.7. The largest absolute Gasteiger partial charge is 0.435 e. The van der Waals surface area contributed by atoms with Crippen molar-refractivity contribution in [3.63, 3.8) is 0 Å². The van der Waals surface area contributed by atoms with Crippen LogP contribution in [0.25, 0.3) is 0 Å². The van der Waals surface area contributed by atoms with Crippen LogP contribution in [-0.4, -0.2) is 70.9 Å². The first-order valence-corrected chi connectivity index (χ1v) is 9.47. The van der Waals surface area contributed by atoms with Gasteiger partial charge in [-0.1, -0.05) is 0 Å². The molecular weight excluding hydrogens is 361 g/mol. The fraction of sp³-hybridized carbons (Fsp3) is 0.778. The molecule has 6 nitrogen and oxygen atoms in total. The molecule has 1 atom stereocenters. The summed E-state index contributed by atoms with van der Waals surface area (Å²) >= 11 is 0. The van der Waals surface area contributed by atoms with Crippen LogP contribution in [0.15, 0.2) is 0 Å². The number of hydrogen-bond donors (Lipinski definition) is 0. The summed E-state index contributed by atoms with van der Waals surface area (Å²) in [5.74, 6) is -0.606. The second-order valence-corrected chi connectivity index (χ2v) is 7.54. The zero-order chi connectivity index (χ0) is 19.8. The number of ether oxygens (including phenoxy) is 1. The lowest BCUT2D eigenvalue weighted by Crippen LogP contribution is -2.42. The predicted molar refractivity (Wildman–Crippen MR) is 93.7 cm³/mol. The van der Waals surface area contributed by atoms with Gasteiger partial charge in [-0.25, -0.2) is 0 Å². The minimum Gasteiger partial charge on any atom is -0.378 e. The van der Waals surface area contributed by atoms with Gasteiger partial charge in [0, 0.05) is 31.4 Å². The van der Waals surface area contributed by atoms with E-state index in [4.69, 9.17) is 4.74 Å². The van der Waals surface area contributed by atoms with Gasteiger partial charge in [-0.05, 0) is 40.2 Å². The Balaban J connectivity index is 1.96. The molecule has 0 aromatic carbocycles. The van der Waals surface area contributed by atoms with Crippen LogP contribution in [0.1, 0.15) is 54.5 Å². The number of morpholine rings is 1. The van der Waals surface area contributed by atoms with Gasteiger partial charge >= 0.3 is 6.18 Å². The Kier molecular flexibility index (Phi) is 5.81. The van der Waals surface area contributed by atoms with E-state index >= 15 is 0 Å². The normalized spacial score (nSPS) is 22.5. The molecule has 1 unspecified atom stereocenters. The van der Waals surface area contributed by atoms with Crippen LogP contribution >= 0.6 is 0 Å². The number of piperidine rings is 1. The molecule has 0 radical (unpaired) electrons. The Hall–Kier alpha value is -1.61. The summed E-state index contributed by atoms with van der Waals surface area (Å²) < 4.78 is 47.6. The molecule has 0 aliphatic carbocycles. The second kappa shape index (κ2) is 7.79. The average Bonchev–Trinajstić information content (AvgIpc) is 2.99. The number of hydrogen-bond acceptors (Lipinski definition) is 4. The summed E-state index contributed by atoms with van der Waals surface area (Å²) in [5, 5.41) is 3.90. The van der Waals surface area contributed by atoms with E-state index in [-0.39, 0.29) is 11.6 Å². The molecule has 0 bridgehead atoms. The van der Waals surface area contributed by atoms with E-state index in [9.17, 15) is 18.0 Å². The SMILES string of the molecule is Cc1c(C(=O)N2CCOCC2)c(C(F)(F)F)nn1C1CCCN(C(C)C)C1. The van der Waals surface area contributed by atoms with Crippen molar-refractivity contribution >= 4 is 5.91 Å². The Labute approximate surface area is 157 Å². The fourth-order valence-corrected chi connectivity index (χ4v) is 3.91. The lowest BCUT2D eigenvalue weighted by atomic mass is 10.0. The molecule has 0 N–H and O–H groups in total. The van der Waals surface area contributed by atoms with E-state index in [0.29, 0.717) is 44.6 Å². The smallest absolute Gasteiger partial charge is 0.378 e. The van der Waals surface area contributed by atoms with Crippen molar-refractivity contribution in [1.82, 2.24) is 19.6 Å². The molecule has 2 aliphatic heterocycles. The van der Waals surface area contributed by atoms with Crippen molar-refractivity contribution in [2.45, 2.75) is 51.9 Å². The van der Waals surface area contributed by atoms with Gasteiger partial charge in [0.1, 0.15) is 0 Å². The monoisotopic (exact) mass is 388 g/mol. The Morgan fingerprint density at radius 1 is 1.22 bits per heavy atom. The van der Waals surface area contributed by atoms with E-state index in [0.717, 1.165) is 19.4 Å². The van der Waals surface area contributed by atoms with E-state index in [2.05, 4.69) is 23.8 Å². The van der Waals surface area contributed by atoms with Gasteiger partial charge < -0.3 is 9.64 Å².